The van der Waals surface area contributed by atoms with Gasteiger partial charge in [0.15, 0.2) is 0 Å². The molecule has 1 atom stereocenters. The number of hydrogen-bond donors (Lipinski definition) is 1. The minimum atomic E-state index is -0.850. The zero-order chi connectivity index (χ0) is 21.7. The molecule has 3 aromatic rings. The number of thiophene rings is 1. The Balaban J connectivity index is 1.85. The van der Waals surface area contributed by atoms with E-state index >= 15 is 0 Å². The molecule has 0 aliphatic rings. The van der Waals surface area contributed by atoms with Crippen LogP contribution in [0.15, 0.2) is 41.5 Å². The lowest BCUT2D eigenvalue weighted by atomic mass is 10.2. The van der Waals surface area contributed by atoms with E-state index in [0.29, 0.717) is 39.6 Å². The maximum absolute atomic E-state index is 13.0. The molecule has 8 nitrogen and oxygen atoms in total. The predicted molar refractivity (Wildman–Crippen MR) is 115 cm³/mol. The molecule has 0 aliphatic heterocycles. The smallest absolute Gasteiger partial charge is 0.329 e. The summed E-state index contributed by atoms with van der Waals surface area (Å²) >= 11 is 1.14. The molecule has 1 aromatic carbocycles. The molecule has 0 bridgehead atoms. The Morgan fingerprint density at radius 3 is 2.67 bits per heavy atom. The van der Waals surface area contributed by atoms with Gasteiger partial charge in [0.1, 0.15) is 17.5 Å². The van der Waals surface area contributed by atoms with Crippen molar-refractivity contribution in [2.24, 2.45) is 0 Å². The minimum Gasteiger partial charge on any atom is -0.462 e. The predicted octanol–water partition coefficient (Wildman–Crippen LogP) is 3.16. The number of amides is 1. The van der Waals surface area contributed by atoms with Crippen LogP contribution in [0.2, 0.25) is 0 Å². The van der Waals surface area contributed by atoms with Crippen molar-refractivity contribution in [3.63, 3.8) is 0 Å². The van der Waals surface area contributed by atoms with Gasteiger partial charge in [-0.1, -0.05) is 18.2 Å². The molecule has 0 saturated heterocycles. The first kappa shape index (κ1) is 21.7. The van der Waals surface area contributed by atoms with Crippen LogP contribution in [0.3, 0.4) is 0 Å². The van der Waals surface area contributed by atoms with Crippen molar-refractivity contribution in [3.8, 4) is 0 Å². The van der Waals surface area contributed by atoms with Gasteiger partial charge in [0.05, 0.1) is 23.2 Å². The molecule has 0 spiro atoms. The fraction of sp³-hybridized carbons (Fsp3) is 0.333. The number of fused-ring (bicyclic) bond motifs is 1. The van der Waals surface area contributed by atoms with Crippen molar-refractivity contribution in [3.05, 3.63) is 57.5 Å². The van der Waals surface area contributed by atoms with Crippen LogP contribution in [0.4, 0.5) is 5.69 Å². The number of nitrogens with one attached hydrogen (secondary N) is 1. The number of carbonyl (C=O) groups is 2. The Morgan fingerprint density at radius 1 is 1.23 bits per heavy atom. The third kappa shape index (κ3) is 4.58. The normalized spacial score (nSPS) is 12.0. The first-order valence-electron chi connectivity index (χ1n) is 9.55. The van der Waals surface area contributed by atoms with Crippen molar-refractivity contribution in [2.45, 2.75) is 26.8 Å². The standard InChI is InChI=1S/C21H23N3O5S/c1-4-28-10-11-29-21(27)14(3)24-12-22-19-16(20(24)26)13(2)17(30-19)18(25)23-15-8-6-5-7-9-15/h5-9,12,14H,4,10-11H2,1-3H3,(H,23,25). The van der Waals surface area contributed by atoms with E-state index in [9.17, 15) is 14.4 Å². The third-order valence-corrected chi connectivity index (χ3v) is 5.75. The lowest BCUT2D eigenvalue weighted by Gasteiger charge is -2.14. The van der Waals surface area contributed by atoms with Crippen LogP contribution in [0, 0.1) is 6.92 Å². The molecule has 1 N–H and O–H groups in total. The minimum absolute atomic E-state index is 0.114. The van der Waals surface area contributed by atoms with Crippen molar-refractivity contribution < 1.29 is 19.1 Å². The maximum atomic E-state index is 13.0. The van der Waals surface area contributed by atoms with Gasteiger partial charge in [-0.25, -0.2) is 9.78 Å². The monoisotopic (exact) mass is 429 g/mol. The summed E-state index contributed by atoms with van der Waals surface area (Å²) in [7, 11) is 0. The van der Waals surface area contributed by atoms with E-state index in [0.717, 1.165) is 11.3 Å². The SMILES string of the molecule is CCOCCOC(=O)C(C)n1cnc2sc(C(=O)Nc3ccccc3)c(C)c2c1=O. The van der Waals surface area contributed by atoms with Crippen LogP contribution in [0.5, 0.6) is 0 Å². The quantitative estimate of drug-likeness (QED) is 0.436. The van der Waals surface area contributed by atoms with Gasteiger partial charge in [-0.15, -0.1) is 11.3 Å². The van der Waals surface area contributed by atoms with Crippen LogP contribution < -0.4 is 10.9 Å². The zero-order valence-corrected chi connectivity index (χ0v) is 17.8. The summed E-state index contributed by atoms with van der Waals surface area (Å²) in [6, 6.07) is 8.22. The van der Waals surface area contributed by atoms with E-state index < -0.39 is 12.0 Å². The Morgan fingerprint density at radius 2 is 1.97 bits per heavy atom. The second kappa shape index (κ2) is 9.64. The van der Waals surface area contributed by atoms with Crippen LogP contribution in [0.1, 0.15) is 35.1 Å². The number of esters is 1. The van der Waals surface area contributed by atoms with Gasteiger partial charge in [0, 0.05) is 12.3 Å². The maximum Gasteiger partial charge on any atom is 0.329 e. The molecule has 1 unspecified atom stereocenters. The molecular formula is C21H23N3O5S. The Kier molecular flexibility index (Phi) is 6.96. The molecule has 30 heavy (non-hydrogen) atoms. The highest BCUT2D eigenvalue weighted by molar-refractivity contribution is 7.20. The molecule has 0 aliphatic carbocycles. The number of nitrogens with zero attached hydrogens (tertiary/aromatic N) is 2. The molecule has 1 amide bonds. The number of aromatic nitrogens is 2. The molecule has 2 heterocycles. The first-order valence-corrected chi connectivity index (χ1v) is 10.4. The Labute approximate surface area is 177 Å². The van der Waals surface area contributed by atoms with Crippen LogP contribution >= 0.6 is 11.3 Å². The fourth-order valence-electron chi connectivity index (χ4n) is 2.92. The summed E-state index contributed by atoms with van der Waals surface area (Å²) in [4.78, 5) is 43.1. The second-order valence-electron chi connectivity index (χ2n) is 6.55. The van der Waals surface area contributed by atoms with Gasteiger partial charge in [-0.2, -0.15) is 0 Å². The number of aryl methyl sites for hydroxylation is 1. The van der Waals surface area contributed by atoms with Crippen molar-refractivity contribution in [1.82, 2.24) is 9.55 Å². The number of para-hydroxylation sites is 1. The number of anilines is 1. The van der Waals surface area contributed by atoms with Gasteiger partial charge in [0.2, 0.25) is 0 Å². The molecule has 2 aromatic heterocycles. The summed E-state index contributed by atoms with van der Waals surface area (Å²) < 4.78 is 11.5. The van der Waals surface area contributed by atoms with Crippen molar-refractivity contribution >= 4 is 39.1 Å². The first-order chi connectivity index (χ1) is 14.4. The summed E-state index contributed by atoms with van der Waals surface area (Å²) in [6.45, 7) is 6.07. The molecule has 0 radical (unpaired) electrons. The highest BCUT2D eigenvalue weighted by Crippen LogP contribution is 2.28. The number of ether oxygens (including phenoxy) is 2. The van der Waals surface area contributed by atoms with E-state index in [1.807, 2.05) is 25.1 Å². The molecule has 0 fully saturated rings. The van der Waals surface area contributed by atoms with Crippen LogP contribution in [0.25, 0.3) is 10.2 Å². The Hall–Kier alpha value is -3.04. The number of hydrogen-bond acceptors (Lipinski definition) is 7. The third-order valence-electron chi connectivity index (χ3n) is 4.55. The molecule has 158 valence electrons. The molecule has 3 rings (SSSR count). The van der Waals surface area contributed by atoms with Crippen LogP contribution in [-0.2, 0) is 14.3 Å². The number of benzene rings is 1. The fourth-order valence-corrected chi connectivity index (χ4v) is 3.95. The Bertz CT molecular complexity index is 1110. The molecule has 9 heteroatoms. The largest absolute Gasteiger partial charge is 0.462 e. The van der Waals surface area contributed by atoms with Gasteiger partial charge >= 0.3 is 5.97 Å². The average Bonchev–Trinajstić information content (AvgIpc) is 3.09. The highest BCUT2D eigenvalue weighted by atomic mass is 32.1. The van der Waals surface area contributed by atoms with E-state index in [1.54, 1.807) is 26.0 Å². The summed E-state index contributed by atoms with van der Waals surface area (Å²) in [6.07, 6.45) is 1.31. The van der Waals surface area contributed by atoms with E-state index in [-0.39, 0.29) is 18.1 Å². The lowest BCUT2D eigenvalue weighted by molar-refractivity contribution is -0.148. The van der Waals surface area contributed by atoms with Crippen molar-refractivity contribution in [2.75, 3.05) is 25.1 Å². The summed E-state index contributed by atoms with van der Waals surface area (Å²) in [5.41, 5.74) is 0.808. The zero-order valence-electron chi connectivity index (χ0n) is 17.0. The topological polar surface area (TPSA) is 99.5 Å². The van der Waals surface area contributed by atoms with E-state index in [4.69, 9.17) is 9.47 Å². The lowest BCUT2D eigenvalue weighted by Crippen LogP contribution is -2.30. The summed E-state index contributed by atoms with van der Waals surface area (Å²) in [5, 5.41) is 3.15. The highest BCUT2D eigenvalue weighted by Gasteiger charge is 2.23. The number of carbonyl (C=O) groups excluding carboxylic acids is 2. The van der Waals surface area contributed by atoms with Crippen LogP contribution in [-0.4, -0.2) is 41.2 Å². The molecule has 0 saturated carbocycles. The van der Waals surface area contributed by atoms with E-state index in [1.165, 1.54) is 10.9 Å². The number of rotatable bonds is 8. The van der Waals surface area contributed by atoms with Gasteiger partial charge < -0.3 is 14.8 Å². The van der Waals surface area contributed by atoms with E-state index in [2.05, 4.69) is 10.3 Å². The van der Waals surface area contributed by atoms with Gasteiger partial charge in [-0.3, -0.25) is 14.2 Å². The molecular weight excluding hydrogens is 406 g/mol. The second-order valence-corrected chi connectivity index (χ2v) is 7.55. The van der Waals surface area contributed by atoms with Crippen molar-refractivity contribution in [1.29, 1.82) is 0 Å². The van der Waals surface area contributed by atoms with Gasteiger partial charge in [0.25, 0.3) is 11.5 Å². The van der Waals surface area contributed by atoms with Gasteiger partial charge in [-0.05, 0) is 38.5 Å². The average molecular weight is 429 g/mol. The summed E-state index contributed by atoms with van der Waals surface area (Å²) in [5.74, 6) is -0.857.